The van der Waals surface area contributed by atoms with E-state index in [4.69, 9.17) is 42.2 Å². The van der Waals surface area contributed by atoms with E-state index >= 15 is 0 Å². The predicted molar refractivity (Wildman–Crippen MR) is 379 cm³/mol. The monoisotopic (exact) mass is 1450 g/mol. The minimum Gasteiger partial charge on any atom is -0.463 e. The number of carbonyl (C=O) groups excluding carboxylic acids is 3. The Kier molecular flexibility index (Phi) is 52.3. The molecule has 0 amide bonds. The molecule has 18 atom stereocenters. The van der Waals surface area contributed by atoms with Gasteiger partial charge in [0.05, 0.1) is 13.2 Å². The van der Waals surface area contributed by atoms with Crippen LogP contribution in [-0.4, -0.2) is 204 Å². The van der Waals surface area contributed by atoms with Gasteiger partial charge in [-0.2, -0.15) is 0 Å². The first-order valence-electron chi connectivity index (χ1n) is 39.5. The number of esters is 3. The van der Waals surface area contributed by atoms with Crippen LogP contribution >= 0.6 is 7.82 Å². The molecule has 100 heavy (non-hydrogen) atoms. The SMILES string of the molecule is CCCCCC/C=C\CCCCCCCCCC(=O)OC(COC(=O)CCCCCCCCCCCCCCCCC)COP(=O)(O)OC1C(OC2OC(CO)C(O)C(O)C2O)C(O)C(O)C(O)C1OC1OC(COC(=O)CCCCCCCCCCCCCCCCC)C(O)C(O)C1O. The number of rotatable bonds is 62. The summed E-state index contributed by atoms with van der Waals surface area (Å²) >= 11 is 0. The highest BCUT2D eigenvalue weighted by molar-refractivity contribution is 7.47. The molecule has 0 bridgehead atoms. The summed E-state index contributed by atoms with van der Waals surface area (Å²) in [5.41, 5.74) is 0. The van der Waals surface area contributed by atoms with Gasteiger partial charge in [-0.1, -0.05) is 264 Å². The van der Waals surface area contributed by atoms with Gasteiger partial charge in [0.25, 0.3) is 0 Å². The summed E-state index contributed by atoms with van der Waals surface area (Å²) in [5.74, 6) is -1.98. The second kappa shape index (κ2) is 57.0. The molecule has 3 aliphatic rings. The molecule has 1 aliphatic carbocycles. The van der Waals surface area contributed by atoms with Gasteiger partial charge in [-0.3, -0.25) is 23.4 Å². The number of allylic oxidation sites excluding steroid dienone is 2. The maximum absolute atomic E-state index is 14.4. The van der Waals surface area contributed by atoms with Crippen molar-refractivity contribution in [3.05, 3.63) is 12.2 Å². The quantitative estimate of drug-likeness (QED) is 0.00886. The fraction of sp³-hybridized carbons (Fsp3) is 0.933. The van der Waals surface area contributed by atoms with E-state index in [-0.39, 0.29) is 19.3 Å². The molecule has 3 rings (SSSR count). The van der Waals surface area contributed by atoms with Crippen molar-refractivity contribution < 1.29 is 117 Å². The topological polar surface area (TPSA) is 374 Å². The first-order chi connectivity index (χ1) is 48.3. The lowest BCUT2D eigenvalue weighted by Gasteiger charge is -2.49. The smallest absolute Gasteiger partial charge is 0.463 e. The van der Waals surface area contributed by atoms with Crippen LogP contribution in [0.3, 0.4) is 0 Å². The molecular weight excluding hydrogens is 1320 g/mol. The molecule has 18 unspecified atom stereocenters. The van der Waals surface area contributed by atoms with Crippen LogP contribution in [0, 0.1) is 0 Å². The molecule has 2 saturated heterocycles. The summed E-state index contributed by atoms with van der Waals surface area (Å²) in [7, 11) is -5.70. The number of carbonyl (C=O) groups is 3. The molecule has 24 nitrogen and oxygen atoms in total. The van der Waals surface area contributed by atoms with E-state index in [2.05, 4.69) is 32.9 Å². The van der Waals surface area contributed by atoms with Gasteiger partial charge >= 0.3 is 25.7 Å². The Bertz CT molecular complexity index is 2110. The zero-order valence-corrected chi connectivity index (χ0v) is 62.4. The molecule has 3 fully saturated rings. The lowest BCUT2D eigenvalue weighted by Crippen LogP contribution is -2.69. The van der Waals surface area contributed by atoms with Crippen molar-refractivity contribution in [2.45, 2.75) is 420 Å². The molecule has 588 valence electrons. The molecule has 11 N–H and O–H groups in total. The number of hydrogen-bond donors (Lipinski definition) is 11. The molecule has 0 radical (unpaired) electrons. The van der Waals surface area contributed by atoms with Crippen LogP contribution in [0.2, 0.25) is 0 Å². The summed E-state index contributed by atoms with van der Waals surface area (Å²) in [6, 6.07) is 0. The normalized spacial score (nSPS) is 27.3. The second-order valence-electron chi connectivity index (χ2n) is 28.4. The Balaban J connectivity index is 1.71. The van der Waals surface area contributed by atoms with Gasteiger partial charge in [-0.05, 0) is 44.9 Å². The van der Waals surface area contributed by atoms with E-state index in [1.807, 2.05) is 0 Å². The molecule has 2 aliphatic heterocycles. The maximum atomic E-state index is 14.4. The van der Waals surface area contributed by atoms with Gasteiger partial charge in [-0.15, -0.1) is 0 Å². The summed E-state index contributed by atoms with van der Waals surface area (Å²) < 4.78 is 65.1. The Hall–Kier alpha value is -2.30. The van der Waals surface area contributed by atoms with Gasteiger partial charge in [0.1, 0.15) is 98.7 Å². The van der Waals surface area contributed by atoms with Gasteiger partial charge < -0.3 is 89.1 Å². The minimum absolute atomic E-state index is 0.0327. The van der Waals surface area contributed by atoms with E-state index in [0.717, 1.165) is 109 Å². The molecule has 2 heterocycles. The van der Waals surface area contributed by atoms with E-state index in [1.165, 1.54) is 148 Å². The van der Waals surface area contributed by atoms with Crippen LogP contribution in [0.25, 0.3) is 0 Å². The van der Waals surface area contributed by atoms with E-state index in [1.54, 1.807) is 0 Å². The number of aliphatic hydroxyl groups is 10. The van der Waals surface area contributed by atoms with Crippen molar-refractivity contribution in [1.29, 1.82) is 0 Å². The molecular formula is C75H139O24P. The standard InChI is InChI=1S/C75H139O24P/c1-4-7-10-13-16-19-22-25-28-31-34-37-40-43-46-49-59(77)91-53-56(94-61(79)51-48-45-42-39-36-33-30-27-24-21-18-15-12-9-6-3)54-93-100(89,90)99-73-71(97-74-69(87)64(82)62(80)57(52-76)95-74)67(85)66(84)68(86)72(73)98-75-70(88)65(83)63(81)58(96-75)55-92-60(78)50-47-44-41-38-35-32-29-26-23-20-17-14-11-8-5-2/h21,24,56-58,62-76,80-88H,4-20,22-23,25-55H2,1-3H3,(H,89,90)/b24-21-. The molecule has 0 aromatic rings. The highest BCUT2D eigenvalue weighted by Crippen LogP contribution is 2.49. The van der Waals surface area contributed by atoms with E-state index < -0.39 is 156 Å². The third-order valence-electron chi connectivity index (χ3n) is 19.5. The fourth-order valence-electron chi connectivity index (χ4n) is 13.1. The number of unbranched alkanes of at least 4 members (excludes halogenated alkanes) is 39. The summed E-state index contributed by atoms with van der Waals surface area (Å²) in [5, 5.41) is 110. The lowest BCUT2D eigenvalue weighted by molar-refractivity contribution is -0.360. The van der Waals surface area contributed by atoms with E-state index in [0.29, 0.717) is 19.3 Å². The first-order valence-corrected chi connectivity index (χ1v) is 41.0. The van der Waals surface area contributed by atoms with E-state index in [9.17, 15) is 74.9 Å². The molecule has 0 aromatic heterocycles. The number of phosphoric acid groups is 1. The lowest BCUT2D eigenvalue weighted by atomic mass is 9.84. The fourth-order valence-corrected chi connectivity index (χ4v) is 14.1. The Morgan fingerprint density at radius 3 is 1.09 bits per heavy atom. The average molecular weight is 1460 g/mol. The Labute approximate surface area is 599 Å². The zero-order valence-electron chi connectivity index (χ0n) is 61.5. The number of hydrogen-bond acceptors (Lipinski definition) is 23. The first kappa shape index (κ1) is 91.9. The second-order valence-corrected chi connectivity index (χ2v) is 29.8. The maximum Gasteiger partial charge on any atom is 0.472 e. The highest BCUT2D eigenvalue weighted by Gasteiger charge is 2.58. The Morgan fingerprint density at radius 1 is 0.380 bits per heavy atom. The summed E-state index contributed by atoms with van der Waals surface area (Å²) in [6.45, 7) is 3.47. The van der Waals surface area contributed by atoms with Gasteiger partial charge in [-0.25, -0.2) is 4.57 Å². The minimum atomic E-state index is -5.70. The van der Waals surface area contributed by atoms with Crippen molar-refractivity contribution in [2.75, 3.05) is 26.4 Å². The van der Waals surface area contributed by atoms with Crippen LogP contribution in [-0.2, 0) is 61.2 Å². The molecule has 0 spiro atoms. The number of ether oxygens (including phenoxy) is 7. The van der Waals surface area contributed by atoms with Gasteiger partial charge in [0.2, 0.25) is 0 Å². The third-order valence-corrected chi connectivity index (χ3v) is 20.5. The Morgan fingerprint density at radius 2 is 0.700 bits per heavy atom. The average Bonchev–Trinajstić information content (AvgIpc) is 0.761. The van der Waals surface area contributed by atoms with Crippen molar-refractivity contribution in [3.63, 3.8) is 0 Å². The third kappa shape index (κ3) is 39.3. The van der Waals surface area contributed by atoms with Crippen LogP contribution in [0.15, 0.2) is 12.2 Å². The number of aliphatic hydroxyl groups excluding tert-OH is 10. The largest absolute Gasteiger partial charge is 0.472 e. The number of phosphoric ester groups is 1. The predicted octanol–water partition coefficient (Wildman–Crippen LogP) is 11.5. The van der Waals surface area contributed by atoms with Crippen LogP contribution < -0.4 is 0 Å². The van der Waals surface area contributed by atoms with Gasteiger partial charge in [0.15, 0.2) is 18.7 Å². The van der Waals surface area contributed by atoms with Crippen molar-refractivity contribution in [1.82, 2.24) is 0 Å². The molecule has 0 aromatic carbocycles. The summed E-state index contributed by atoms with van der Waals surface area (Å²) in [4.78, 5) is 51.1. The molecule has 1 saturated carbocycles. The highest BCUT2D eigenvalue weighted by atomic mass is 31.2. The van der Waals surface area contributed by atoms with Crippen LogP contribution in [0.1, 0.15) is 316 Å². The van der Waals surface area contributed by atoms with Crippen molar-refractivity contribution >= 4 is 25.7 Å². The van der Waals surface area contributed by atoms with Crippen molar-refractivity contribution in [2.24, 2.45) is 0 Å². The zero-order chi connectivity index (χ0) is 73.2. The van der Waals surface area contributed by atoms with Crippen LogP contribution in [0.5, 0.6) is 0 Å². The molecule has 25 heteroatoms. The summed E-state index contributed by atoms with van der Waals surface area (Å²) in [6.07, 6.45) is 16.8. The van der Waals surface area contributed by atoms with Crippen molar-refractivity contribution in [3.8, 4) is 0 Å². The van der Waals surface area contributed by atoms with Gasteiger partial charge in [0, 0.05) is 19.3 Å². The van der Waals surface area contributed by atoms with Crippen LogP contribution in [0.4, 0.5) is 0 Å².